The number of carbonyl (C=O) groups excluding carboxylic acids is 2. The number of hydrogen-bond donors (Lipinski definition) is 2. The van der Waals surface area contributed by atoms with Gasteiger partial charge in [0, 0.05) is 19.5 Å². The minimum Gasteiger partial charge on any atom is -0.508 e. The molecule has 1 aliphatic heterocycles. The summed E-state index contributed by atoms with van der Waals surface area (Å²) in [6.45, 7) is 2.05. The van der Waals surface area contributed by atoms with E-state index < -0.39 is 0 Å². The van der Waals surface area contributed by atoms with Crippen molar-refractivity contribution in [3.63, 3.8) is 0 Å². The Balaban J connectivity index is 1.81. The van der Waals surface area contributed by atoms with Gasteiger partial charge in [0.2, 0.25) is 11.8 Å². The Labute approximate surface area is 125 Å². The van der Waals surface area contributed by atoms with Gasteiger partial charge in [-0.15, -0.1) is 0 Å². The van der Waals surface area contributed by atoms with Crippen LogP contribution in [0.2, 0.25) is 0 Å². The molecule has 2 N–H and O–H groups in total. The van der Waals surface area contributed by atoms with Crippen molar-refractivity contribution in [3.05, 3.63) is 29.8 Å². The predicted molar refractivity (Wildman–Crippen MR) is 79.8 cm³/mol. The zero-order valence-corrected chi connectivity index (χ0v) is 12.5. The van der Waals surface area contributed by atoms with E-state index in [4.69, 9.17) is 0 Å². The minimum absolute atomic E-state index is 0.102. The number of phenols is 1. The van der Waals surface area contributed by atoms with E-state index in [-0.39, 0.29) is 29.6 Å². The maximum absolute atomic E-state index is 12.0. The molecule has 1 saturated heterocycles. The number of likely N-dealkylation sites (tertiary alicyclic amines) is 1. The molecule has 1 heterocycles. The summed E-state index contributed by atoms with van der Waals surface area (Å²) in [5, 5.41) is 12.6. The second-order valence-corrected chi connectivity index (χ2v) is 5.66. The Morgan fingerprint density at radius 3 is 2.67 bits per heavy atom. The van der Waals surface area contributed by atoms with Gasteiger partial charge in [0.25, 0.3) is 0 Å². The highest BCUT2D eigenvalue weighted by Gasteiger charge is 2.32. The van der Waals surface area contributed by atoms with Gasteiger partial charge in [0.1, 0.15) is 5.75 Å². The van der Waals surface area contributed by atoms with Crippen LogP contribution in [-0.2, 0) is 16.0 Å². The number of imide groups is 1. The first-order chi connectivity index (χ1) is 9.97. The summed E-state index contributed by atoms with van der Waals surface area (Å²) in [5.74, 6) is 0.0305. The van der Waals surface area contributed by atoms with E-state index in [0.717, 1.165) is 18.4 Å². The van der Waals surface area contributed by atoms with Gasteiger partial charge in [0.15, 0.2) is 0 Å². The maximum Gasteiger partial charge on any atom is 0.246 e. The van der Waals surface area contributed by atoms with Crippen LogP contribution in [0.15, 0.2) is 24.3 Å². The van der Waals surface area contributed by atoms with E-state index in [9.17, 15) is 14.7 Å². The lowest BCUT2D eigenvalue weighted by molar-refractivity contribution is -0.148. The van der Waals surface area contributed by atoms with Crippen LogP contribution in [0.3, 0.4) is 0 Å². The third-order valence-electron chi connectivity index (χ3n) is 3.94. The maximum atomic E-state index is 12.0. The average molecular weight is 290 g/mol. The molecular weight excluding hydrogens is 268 g/mol. The van der Waals surface area contributed by atoms with E-state index in [2.05, 4.69) is 5.32 Å². The molecule has 1 aromatic rings. The number of carbonyl (C=O) groups is 2. The van der Waals surface area contributed by atoms with Gasteiger partial charge in [-0.3, -0.25) is 14.5 Å². The minimum atomic E-state index is -0.262. The van der Waals surface area contributed by atoms with Crippen LogP contribution in [0.4, 0.5) is 0 Å². The molecule has 0 aliphatic carbocycles. The van der Waals surface area contributed by atoms with Crippen LogP contribution in [0.25, 0.3) is 0 Å². The van der Waals surface area contributed by atoms with Crippen molar-refractivity contribution in [1.29, 1.82) is 0 Å². The molecule has 5 heteroatoms. The Bertz CT molecular complexity index is 513. The number of aryl methyl sites for hydroxylation is 1. The van der Waals surface area contributed by atoms with Crippen molar-refractivity contribution in [2.75, 3.05) is 7.05 Å². The van der Waals surface area contributed by atoms with Crippen LogP contribution in [0, 0.1) is 0 Å². The molecule has 0 saturated carbocycles. The van der Waals surface area contributed by atoms with Crippen molar-refractivity contribution >= 4 is 11.8 Å². The highest BCUT2D eigenvalue weighted by molar-refractivity contribution is 6.00. The van der Waals surface area contributed by atoms with Crippen molar-refractivity contribution in [3.8, 4) is 5.75 Å². The summed E-state index contributed by atoms with van der Waals surface area (Å²) >= 11 is 0. The zero-order valence-electron chi connectivity index (χ0n) is 12.5. The first-order valence-electron chi connectivity index (χ1n) is 7.31. The van der Waals surface area contributed by atoms with E-state index in [1.165, 1.54) is 4.90 Å². The monoisotopic (exact) mass is 290 g/mol. The molecule has 0 bridgehead atoms. The predicted octanol–water partition coefficient (Wildman–Crippen LogP) is 1.45. The summed E-state index contributed by atoms with van der Waals surface area (Å²) in [6.07, 6.45) is 2.77. The lowest BCUT2D eigenvalue weighted by Gasteiger charge is -2.30. The molecule has 1 aliphatic rings. The van der Waals surface area contributed by atoms with Gasteiger partial charge < -0.3 is 10.4 Å². The fourth-order valence-electron chi connectivity index (χ4n) is 2.54. The first kappa shape index (κ1) is 15.5. The number of amides is 2. The molecule has 2 atom stereocenters. The standard InChI is InChI=1S/C16H22N2O3/c1-11(3-4-12-5-7-13(19)8-6-12)17-14-9-10-15(20)18(2)16(14)21/h5-8,11,14,17,19H,3-4,9-10H2,1-2H3. The number of nitrogens with zero attached hydrogens (tertiary/aromatic N) is 1. The molecule has 2 amide bonds. The Morgan fingerprint density at radius 1 is 1.33 bits per heavy atom. The fourth-order valence-corrected chi connectivity index (χ4v) is 2.54. The number of rotatable bonds is 5. The number of hydrogen-bond acceptors (Lipinski definition) is 4. The summed E-state index contributed by atoms with van der Waals surface area (Å²) < 4.78 is 0. The summed E-state index contributed by atoms with van der Waals surface area (Å²) in [6, 6.07) is 7.09. The molecule has 2 rings (SSSR count). The molecule has 1 fully saturated rings. The Kier molecular flexibility index (Phi) is 4.96. The van der Waals surface area contributed by atoms with Gasteiger partial charge in [0.05, 0.1) is 6.04 Å². The van der Waals surface area contributed by atoms with Crippen LogP contribution in [0.1, 0.15) is 31.7 Å². The summed E-state index contributed by atoms with van der Waals surface area (Å²) in [5.41, 5.74) is 1.16. The lowest BCUT2D eigenvalue weighted by Crippen LogP contribution is -2.53. The smallest absolute Gasteiger partial charge is 0.246 e. The molecule has 2 unspecified atom stereocenters. The van der Waals surface area contributed by atoms with Gasteiger partial charge in [-0.1, -0.05) is 12.1 Å². The molecule has 5 nitrogen and oxygen atoms in total. The summed E-state index contributed by atoms with van der Waals surface area (Å²) in [7, 11) is 1.54. The molecule has 0 aromatic heterocycles. The van der Waals surface area contributed by atoms with Crippen molar-refractivity contribution in [1.82, 2.24) is 10.2 Å². The molecular formula is C16H22N2O3. The highest BCUT2D eigenvalue weighted by atomic mass is 16.3. The van der Waals surface area contributed by atoms with Gasteiger partial charge >= 0.3 is 0 Å². The summed E-state index contributed by atoms with van der Waals surface area (Å²) in [4.78, 5) is 24.6. The van der Waals surface area contributed by atoms with Gasteiger partial charge in [-0.25, -0.2) is 0 Å². The van der Waals surface area contributed by atoms with Crippen LogP contribution >= 0.6 is 0 Å². The highest BCUT2D eigenvalue weighted by Crippen LogP contribution is 2.15. The van der Waals surface area contributed by atoms with Crippen LogP contribution in [-0.4, -0.2) is 41.0 Å². The number of nitrogens with one attached hydrogen (secondary N) is 1. The topological polar surface area (TPSA) is 69.6 Å². The molecule has 114 valence electrons. The molecule has 21 heavy (non-hydrogen) atoms. The van der Waals surface area contributed by atoms with E-state index in [1.54, 1.807) is 19.2 Å². The van der Waals surface area contributed by atoms with Gasteiger partial charge in [-0.05, 0) is 43.9 Å². The molecule has 0 spiro atoms. The second kappa shape index (κ2) is 6.72. The first-order valence-corrected chi connectivity index (χ1v) is 7.31. The second-order valence-electron chi connectivity index (χ2n) is 5.66. The zero-order chi connectivity index (χ0) is 15.4. The SMILES string of the molecule is CC(CCc1ccc(O)cc1)NC1CCC(=O)N(C)C1=O. The fraction of sp³-hybridized carbons (Fsp3) is 0.500. The van der Waals surface area contributed by atoms with Crippen molar-refractivity contribution in [2.24, 2.45) is 0 Å². The largest absolute Gasteiger partial charge is 0.508 e. The third-order valence-corrected chi connectivity index (χ3v) is 3.94. The number of likely N-dealkylation sites (N-methyl/N-ethyl adjacent to an activating group) is 1. The lowest BCUT2D eigenvalue weighted by atomic mass is 10.0. The number of phenolic OH excluding ortho intramolecular Hbond substituents is 1. The van der Waals surface area contributed by atoms with Crippen molar-refractivity contribution in [2.45, 2.75) is 44.7 Å². The number of aromatic hydroxyl groups is 1. The number of piperidine rings is 1. The average Bonchev–Trinajstić information content (AvgIpc) is 2.47. The van der Waals surface area contributed by atoms with Gasteiger partial charge in [-0.2, -0.15) is 0 Å². The third kappa shape index (κ3) is 4.04. The number of benzene rings is 1. The molecule has 1 aromatic carbocycles. The Morgan fingerprint density at radius 2 is 2.00 bits per heavy atom. The van der Waals surface area contributed by atoms with E-state index in [0.29, 0.717) is 12.8 Å². The quantitative estimate of drug-likeness (QED) is 0.805. The van der Waals surface area contributed by atoms with Crippen LogP contribution < -0.4 is 5.32 Å². The normalized spacial score (nSPS) is 20.7. The van der Waals surface area contributed by atoms with Crippen molar-refractivity contribution < 1.29 is 14.7 Å². The van der Waals surface area contributed by atoms with E-state index in [1.807, 2.05) is 19.1 Å². The molecule has 0 radical (unpaired) electrons. The Hall–Kier alpha value is -1.88. The van der Waals surface area contributed by atoms with E-state index >= 15 is 0 Å². The van der Waals surface area contributed by atoms with Crippen LogP contribution in [0.5, 0.6) is 5.75 Å².